The summed E-state index contributed by atoms with van der Waals surface area (Å²) in [6, 6.07) is 13.1. The fourth-order valence-corrected chi connectivity index (χ4v) is 3.43. The second-order valence-electron chi connectivity index (χ2n) is 7.11. The monoisotopic (exact) mass is 385 g/mol. The number of nitrogens with zero attached hydrogens (tertiary/aromatic N) is 1. The van der Waals surface area contributed by atoms with Crippen LogP contribution in [-0.4, -0.2) is 18.4 Å². The number of benzene rings is 2. The van der Waals surface area contributed by atoms with Crippen LogP contribution in [-0.2, 0) is 9.59 Å². The van der Waals surface area contributed by atoms with E-state index in [0.29, 0.717) is 28.9 Å². The van der Waals surface area contributed by atoms with Gasteiger partial charge in [0.05, 0.1) is 5.92 Å². The Kier molecular flexibility index (Phi) is 5.85. The molecule has 1 aliphatic heterocycles. The molecule has 0 radical (unpaired) electrons. The van der Waals surface area contributed by atoms with Crippen LogP contribution in [0.15, 0.2) is 42.5 Å². The zero-order valence-corrected chi connectivity index (χ0v) is 16.6. The zero-order chi connectivity index (χ0) is 19.6. The first-order valence-corrected chi connectivity index (χ1v) is 9.65. The summed E-state index contributed by atoms with van der Waals surface area (Å²) in [4.78, 5) is 26.7. The van der Waals surface area contributed by atoms with Gasteiger partial charge in [-0.25, -0.2) is 0 Å². The molecule has 5 heteroatoms. The second kappa shape index (κ2) is 8.13. The Morgan fingerprint density at radius 3 is 2.74 bits per heavy atom. The summed E-state index contributed by atoms with van der Waals surface area (Å²) in [6.07, 6.45) is 1.11. The van der Waals surface area contributed by atoms with Crippen molar-refractivity contribution < 1.29 is 14.3 Å². The van der Waals surface area contributed by atoms with E-state index in [-0.39, 0.29) is 18.3 Å². The van der Waals surface area contributed by atoms with E-state index in [1.807, 2.05) is 43.3 Å². The molecule has 0 spiro atoms. The van der Waals surface area contributed by atoms with Crippen LogP contribution in [0.5, 0.6) is 5.75 Å². The van der Waals surface area contributed by atoms with Gasteiger partial charge in [-0.2, -0.15) is 0 Å². The smallest absolute Gasteiger partial charge is 0.316 e. The maximum Gasteiger partial charge on any atom is 0.316 e. The third-order valence-electron chi connectivity index (χ3n) is 5.20. The van der Waals surface area contributed by atoms with Crippen molar-refractivity contribution in [1.82, 2.24) is 0 Å². The Labute approximate surface area is 165 Å². The van der Waals surface area contributed by atoms with Gasteiger partial charge in [0, 0.05) is 23.7 Å². The predicted molar refractivity (Wildman–Crippen MR) is 107 cm³/mol. The van der Waals surface area contributed by atoms with E-state index in [1.165, 1.54) is 0 Å². The summed E-state index contributed by atoms with van der Waals surface area (Å²) < 4.78 is 5.68. The lowest BCUT2D eigenvalue weighted by atomic mass is 9.98. The minimum Gasteiger partial charge on any atom is -0.426 e. The van der Waals surface area contributed by atoms with Crippen molar-refractivity contribution in [1.29, 1.82) is 0 Å². The Bertz CT molecular complexity index is 864. The standard InChI is InChI=1S/C22H24ClNO3/c1-4-14(2)18-7-5-6-8-20(18)27-22(26)16-11-21(25)24(13-16)17-10-9-15(3)19(23)12-17/h5-10,12,14,16H,4,11,13H2,1-3H3/t14-,16+/m1/s1. The molecule has 27 heavy (non-hydrogen) atoms. The van der Waals surface area contributed by atoms with Crippen molar-refractivity contribution in [3.63, 3.8) is 0 Å². The van der Waals surface area contributed by atoms with Crippen LogP contribution in [0.2, 0.25) is 5.02 Å². The molecule has 1 aliphatic rings. The molecule has 1 fully saturated rings. The summed E-state index contributed by atoms with van der Waals surface area (Å²) in [6.45, 7) is 6.42. The number of esters is 1. The van der Waals surface area contributed by atoms with Crippen LogP contribution in [0.25, 0.3) is 0 Å². The maximum absolute atomic E-state index is 12.7. The number of carbonyl (C=O) groups excluding carboxylic acids is 2. The highest BCUT2D eigenvalue weighted by Gasteiger charge is 2.36. The number of ether oxygens (including phenoxy) is 1. The SMILES string of the molecule is CC[C@@H](C)c1ccccc1OC(=O)[C@H]1CC(=O)N(c2ccc(C)c(Cl)c2)C1. The molecule has 0 aromatic heterocycles. The van der Waals surface area contributed by atoms with Gasteiger partial charge in [0.2, 0.25) is 5.91 Å². The quantitative estimate of drug-likeness (QED) is 0.530. The van der Waals surface area contributed by atoms with Crippen molar-refractivity contribution in [2.45, 2.75) is 39.5 Å². The van der Waals surface area contributed by atoms with Gasteiger partial charge in [-0.15, -0.1) is 0 Å². The molecular formula is C22H24ClNO3. The van der Waals surface area contributed by atoms with Crippen LogP contribution < -0.4 is 9.64 Å². The van der Waals surface area contributed by atoms with E-state index in [9.17, 15) is 9.59 Å². The molecule has 0 aliphatic carbocycles. The molecule has 1 heterocycles. The highest BCUT2D eigenvalue weighted by Crippen LogP contribution is 2.32. The summed E-state index contributed by atoms with van der Waals surface area (Å²) in [5, 5.41) is 0.605. The van der Waals surface area contributed by atoms with Crippen LogP contribution in [0, 0.1) is 12.8 Å². The molecular weight excluding hydrogens is 362 g/mol. The van der Waals surface area contributed by atoms with E-state index >= 15 is 0 Å². The fraction of sp³-hybridized carbons (Fsp3) is 0.364. The van der Waals surface area contributed by atoms with Crippen molar-refractivity contribution in [2.24, 2.45) is 5.92 Å². The van der Waals surface area contributed by atoms with Crippen LogP contribution in [0.4, 0.5) is 5.69 Å². The van der Waals surface area contributed by atoms with Crippen molar-refractivity contribution >= 4 is 29.2 Å². The Morgan fingerprint density at radius 1 is 1.30 bits per heavy atom. The number of amides is 1. The molecule has 0 bridgehead atoms. The molecule has 0 unspecified atom stereocenters. The molecule has 0 N–H and O–H groups in total. The number of rotatable bonds is 5. The van der Waals surface area contributed by atoms with Crippen LogP contribution in [0.3, 0.4) is 0 Å². The molecule has 4 nitrogen and oxygen atoms in total. The molecule has 1 saturated heterocycles. The molecule has 2 aromatic carbocycles. The Morgan fingerprint density at radius 2 is 2.04 bits per heavy atom. The molecule has 2 atom stereocenters. The normalized spacial score (nSPS) is 17.9. The first kappa shape index (κ1) is 19.4. The lowest BCUT2D eigenvalue weighted by Gasteiger charge is -2.18. The van der Waals surface area contributed by atoms with Gasteiger partial charge in [0.15, 0.2) is 0 Å². The first-order valence-electron chi connectivity index (χ1n) is 9.27. The number of carbonyl (C=O) groups is 2. The minimum absolute atomic E-state index is 0.0907. The van der Waals surface area contributed by atoms with Crippen molar-refractivity contribution in [3.8, 4) is 5.75 Å². The third-order valence-corrected chi connectivity index (χ3v) is 5.61. The van der Waals surface area contributed by atoms with E-state index in [4.69, 9.17) is 16.3 Å². The summed E-state index contributed by atoms with van der Waals surface area (Å²) in [7, 11) is 0. The predicted octanol–water partition coefficient (Wildman–Crippen LogP) is 5.12. The van der Waals surface area contributed by atoms with Gasteiger partial charge in [0.1, 0.15) is 5.75 Å². The highest BCUT2D eigenvalue weighted by atomic mass is 35.5. The second-order valence-corrected chi connectivity index (χ2v) is 7.51. The molecule has 3 rings (SSSR count). The fourth-order valence-electron chi connectivity index (χ4n) is 3.26. The number of anilines is 1. The van der Waals surface area contributed by atoms with Gasteiger partial charge in [-0.05, 0) is 48.6 Å². The number of aryl methyl sites for hydroxylation is 1. The van der Waals surface area contributed by atoms with Gasteiger partial charge >= 0.3 is 5.97 Å². The van der Waals surface area contributed by atoms with Crippen LogP contribution in [0.1, 0.15) is 43.7 Å². The van der Waals surface area contributed by atoms with Crippen molar-refractivity contribution in [3.05, 3.63) is 58.6 Å². The Balaban J connectivity index is 1.74. The van der Waals surface area contributed by atoms with E-state index in [1.54, 1.807) is 11.0 Å². The van der Waals surface area contributed by atoms with Gasteiger partial charge < -0.3 is 9.64 Å². The van der Waals surface area contributed by atoms with Crippen molar-refractivity contribution in [2.75, 3.05) is 11.4 Å². The number of hydrogen-bond acceptors (Lipinski definition) is 3. The zero-order valence-electron chi connectivity index (χ0n) is 15.9. The first-order chi connectivity index (χ1) is 12.9. The molecule has 142 valence electrons. The van der Waals surface area contributed by atoms with E-state index < -0.39 is 5.92 Å². The average molecular weight is 386 g/mol. The highest BCUT2D eigenvalue weighted by molar-refractivity contribution is 6.31. The largest absolute Gasteiger partial charge is 0.426 e. The van der Waals surface area contributed by atoms with Gasteiger partial charge in [-0.3, -0.25) is 9.59 Å². The van der Waals surface area contributed by atoms with Gasteiger partial charge in [-0.1, -0.05) is 49.7 Å². The summed E-state index contributed by atoms with van der Waals surface area (Å²) in [5.74, 6) is -0.0546. The number of halogens is 1. The van der Waals surface area contributed by atoms with Crippen LogP contribution >= 0.6 is 11.6 Å². The molecule has 2 aromatic rings. The lowest BCUT2D eigenvalue weighted by Crippen LogP contribution is -2.27. The molecule has 1 amide bonds. The van der Waals surface area contributed by atoms with Gasteiger partial charge in [0.25, 0.3) is 0 Å². The minimum atomic E-state index is -0.484. The third kappa shape index (κ3) is 4.16. The lowest BCUT2D eigenvalue weighted by molar-refractivity contribution is -0.139. The topological polar surface area (TPSA) is 46.6 Å². The Hall–Kier alpha value is -2.33. The molecule has 0 saturated carbocycles. The number of hydrogen-bond donors (Lipinski definition) is 0. The average Bonchev–Trinajstić information content (AvgIpc) is 3.05. The maximum atomic E-state index is 12.7. The summed E-state index contributed by atoms with van der Waals surface area (Å²) in [5.41, 5.74) is 2.68. The van der Waals surface area contributed by atoms with E-state index in [2.05, 4.69) is 13.8 Å². The summed E-state index contributed by atoms with van der Waals surface area (Å²) >= 11 is 6.18. The van der Waals surface area contributed by atoms with E-state index in [0.717, 1.165) is 17.5 Å². The number of para-hydroxylation sites is 1.